The highest BCUT2D eigenvalue weighted by atomic mass is 32.1. The lowest BCUT2D eigenvalue weighted by atomic mass is 10.1. The molecule has 2 aromatic heterocycles. The van der Waals surface area contributed by atoms with Crippen LogP contribution in [0, 0.1) is 0 Å². The number of nitrogens with one attached hydrogen (secondary N) is 1. The van der Waals surface area contributed by atoms with Gasteiger partial charge in [0.05, 0.1) is 24.3 Å². The molecule has 1 N–H and O–H groups in total. The molecule has 0 radical (unpaired) electrons. The summed E-state index contributed by atoms with van der Waals surface area (Å²) in [6.07, 6.45) is 4.27. The molecule has 0 aliphatic carbocycles. The Morgan fingerprint density at radius 1 is 1.29 bits per heavy atom. The van der Waals surface area contributed by atoms with Crippen LogP contribution in [0.25, 0.3) is 4.96 Å². The lowest BCUT2D eigenvalue weighted by molar-refractivity contribution is -0.121. The molecule has 1 atom stereocenters. The molecule has 126 valence electrons. The molecule has 3 rings (SSSR count). The van der Waals surface area contributed by atoms with Crippen LogP contribution in [-0.4, -0.2) is 21.4 Å². The van der Waals surface area contributed by atoms with Crippen molar-refractivity contribution in [2.45, 2.75) is 39.3 Å². The normalized spacial score (nSPS) is 12.5. The van der Waals surface area contributed by atoms with Gasteiger partial charge in [-0.3, -0.25) is 9.20 Å². The molecule has 0 saturated heterocycles. The second-order valence-electron chi connectivity index (χ2n) is 6.03. The van der Waals surface area contributed by atoms with Gasteiger partial charge in [0.25, 0.3) is 0 Å². The number of imidazole rings is 1. The topological polar surface area (TPSA) is 55.6 Å². The number of amides is 1. The Labute approximate surface area is 145 Å². The quantitative estimate of drug-likeness (QED) is 0.744. The number of hydrogen-bond acceptors (Lipinski definition) is 4. The van der Waals surface area contributed by atoms with E-state index in [1.54, 1.807) is 11.3 Å². The Morgan fingerprint density at radius 3 is 2.71 bits per heavy atom. The van der Waals surface area contributed by atoms with Gasteiger partial charge in [-0.15, -0.1) is 11.3 Å². The standard InChI is InChI=1S/C18H21N3O2S/c1-12(2)23-16-6-4-14(5-7-16)13(3)19-17(22)10-15-11-21-8-9-24-18(21)20-15/h4-9,11-13H,10H2,1-3H3,(H,19,22). The van der Waals surface area contributed by atoms with Crippen molar-refractivity contribution < 1.29 is 9.53 Å². The third-order valence-electron chi connectivity index (χ3n) is 3.61. The number of ether oxygens (including phenoxy) is 1. The fraction of sp³-hybridized carbons (Fsp3) is 0.333. The molecule has 1 unspecified atom stereocenters. The molecule has 0 fully saturated rings. The first-order valence-corrected chi connectivity index (χ1v) is 8.86. The molecule has 2 heterocycles. The van der Waals surface area contributed by atoms with E-state index in [0.29, 0.717) is 0 Å². The first kappa shape index (κ1) is 16.5. The minimum Gasteiger partial charge on any atom is -0.491 e. The van der Waals surface area contributed by atoms with Gasteiger partial charge < -0.3 is 10.1 Å². The van der Waals surface area contributed by atoms with Crippen molar-refractivity contribution >= 4 is 22.2 Å². The summed E-state index contributed by atoms with van der Waals surface area (Å²) < 4.78 is 7.57. The second-order valence-corrected chi connectivity index (χ2v) is 6.90. The number of nitrogens with zero attached hydrogens (tertiary/aromatic N) is 2. The van der Waals surface area contributed by atoms with Gasteiger partial charge in [0.1, 0.15) is 5.75 Å². The lowest BCUT2D eigenvalue weighted by Gasteiger charge is -2.15. The maximum absolute atomic E-state index is 12.2. The van der Waals surface area contributed by atoms with Crippen LogP contribution >= 0.6 is 11.3 Å². The molecule has 5 nitrogen and oxygen atoms in total. The van der Waals surface area contributed by atoms with Crippen molar-refractivity contribution in [1.29, 1.82) is 0 Å². The minimum atomic E-state index is -0.0608. The van der Waals surface area contributed by atoms with Crippen molar-refractivity contribution in [3.8, 4) is 5.75 Å². The fourth-order valence-electron chi connectivity index (χ4n) is 2.51. The Balaban J connectivity index is 1.58. The lowest BCUT2D eigenvalue weighted by Crippen LogP contribution is -2.28. The molecule has 1 aromatic carbocycles. The Hall–Kier alpha value is -2.34. The summed E-state index contributed by atoms with van der Waals surface area (Å²) in [7, 11) is 0. The van der Waals surface area contributed by atoms with Crippen LogP contribution in [-0.2, 0) is 11.2 Å². The molecule has 0 saturated carbocycles. The number of fused-ring (bicyclic) bond motifs is 1. The zero-order chi connectivity index (χ0) is 17.1. The number of aromatic nitrogens is 2. The first-order valence-electron chi connectivity index (χ1n) is 7.98. The predicted octanol–water partition coefficient (Wildman–Crippen LogP) is 3.60. The molecule has 0 bridgehead atoms. The van der Waals surface area contributed by atoms with Gasteiger partial charge >= 0.3 is 0 Å². The van der Waals surface area contributed by atoms with E-state index in [9.17, 15) is 4.79 Å². The van der Waals surface area contributed by atoms with Crippen molar-refractivity contribution in [2.75, 3.05) is 0 Å². The summed E-state index contributed by atoms with van der Waals surface area (Å²) in [6, 6.07) is 7.77. The average molecular weight is 343 g/mol. The van der Waals surface area contributed by atoms with E-state index in [1.807, 2.05) is 67.2 Å². The number of rotatable bonds is 6. The van der Waals surface area contributed by atoms with E-state index in [1.165, 1.54) is 0 Å². The van der Waals surface area contributed by atoms with E-state index >= 15 is 0 Å². The van der Waals surface area contributed by atoms with E-state index in [4.69, 9.17) is 4.74 Å². The number of thiazole rings is 1. The summed E-state index contributed by atoms with van der Waals surface area (Å²) >= 11 is 1.56. The monoisotopic (exact) mass is 343 g/mol. The minimum absolute atomic E-state index is 0.0317. The SMILES string of the molecule is CC(C)Oc1ccc(C(C)NC(=O)Cc2cn3ccsc3n2)cc1. The maximum atomic E-state index is 12.2. The number of carbonyl (C=O) groups excluding carboxylic acids is 1. The first-order chi connectivity index (χ1) is 11.5. The van der Waals surface area contributed by atoms with Gasteiger partial charge in [-0.05, 0) is 38.5 Å². The van der Waals surface area contributed by atoms with Gasteiger partial charge in [-0.1, -0.05) is 12.1 Å². The smallest absolute Gasteiger partial charge is 0.226 e. The van der Waals surface area contributed by atoms with Crippen LogP contribution in [0.15, 0.2) is 42.0 Å². The molecule has 0 spiro atoms. The van der Waals surface area contributed by atoms with Gasteiger partial charge in [0.2, 0.25) is 5.91 Å². The summed E-state index contributed by atoms with van der Waals surface area (Å²) in [4.78, 5) is 17.6. The zero-order valence-corrected chi connectivity index (χ0v) is 14.8. The molecule has 1 amide bonds. The number of hydrogen-bond donors (Lipinski definition) is 1. The van der Waals surface area contributed by atoms with Gasteiger partial charge in [0, 0.05) is 17.8 Å². The highest BCUT2D eigenvalue weighted by Gasteiger charge is 2.12. The van der Waals surface area contributed by atoms with Crippen LogP contribution in [0.4, 0.5) is 0 Å². The second kappa shape index (κ2) is 7.05. The van der Waals surface area contributed by atoms with Crippen LogP contribution < -0.4 is 10.1 Å². The summed E-state index contributed by atoms with van der Waals surface area (Å²) in [5.41, 5.74) is 1.83. The van der Waals surface area contributed by atoms with Crippen molar-refractivity contribution in [2.24, 2.45) is 0 Å². The highest BCUT2D eigenvalue weighted by Crippen LogP contribution is 2.19. The molecule has 0 aliphatic rings. The van der Waals surface area contributed by atoms with Gasteiger partial charge in [-0.25, -0.2) is 4.98 Å². The fourth-order valence-corrected chi connectivity index (χ4v) is 3.23. The number of carbonyl (C=O) groups is 1. The molecular weight excluding hydrogens is 322 g/mol. The Bertz CT molecular complexity index is 792. The third-order valence-corrected chi connectivity index (χ3v) is 4.38. The van der Waals surface area contributed by atoms with E-state index < -0.39 is 0 Å². The number of benzene rings is 1. The summed E-state index contributed by atoms with van der Waals surface area (Å²) in [5, 5.41) is 4.99. The maximum Gasteiger partial charge on any atom is 0.226 e. The van der Waals surface area contributed by atoms with Gasteiger partial charge in [-0.2, -0.15) is 0 Å². The van der Waals surface area contributed by atoms with Crippen LogP contribution in [0.2, 0.25) is 0 Å². The van der Waals surface area contributed by atoms with Crippen LogP contribution in [0.3, 0.4) is 0 Å². The Kier molecular flexibility index (Phi) is 4.85. The highest BCUT2D eigenvalue weighted by molar-refractivity contribution is 7.15. The molecule has 24 heavy (non-hydrogen) atoms. The summed E-state index contributed by atoms with van der Waals surface area (Å²) in [5.74, 6) is 0.807. The van der Waals surface area contributed by atoms with Crippen molar-refractivity contribution in [3.05, 3.63) is 53.3 Å². The van der Waals surface area contributed by atoms with Crippen LogP contribution in [0.5, 0.6) is 5.75 Å². The third kappa shape index (κ3) is 3.94. The summed E-state index contributed by atoms with van der Waals surface area (Å²) in [6.45, 7) is 5.97. The van der Waals surface area contributed by atoms with E-state index in [-0.39, 0.29) is 24.5 Å². The van der Waals surface area contributed by atoms with E-state index in [2.05, 4.69) is 10.3 Å². The molecule has 3 aromatic rings. The van der Waals surface area contributed by atoms with E-state index in [0.717, 1.165) is 22.0 Å². The molecular formula is C18H21N3O2S. The molecule has 0 aliphatic heterocycles. The molecule has 6 heteroatoms. The largest absolute Gasteiger partial charge is 0.491 e. The van der Waals surface area contributed by atoms with Gasteiger partial charge in [0.15, 0.2) is 4.96 Å². The van der Waals surface area contributed by atoms with Crippen LogP contribution in [0.1, 0.15) is 38.1 Å². The zero-order valence-electron chi connectivity index (χ0n) is 14.0. The van der Waals surface area contributed by atoms with Crippen molar-refractivity contribution in [1.82, 2.24) is 14.7 Å². The van der Waals surface area contributed by atoms with Crippen molar-refractivity contribution in [3.63, 3.8) is 0 Å². The predicted molar refractivity (Wildman–Crippen MR) is 95.5 cm³/mol. The Morgan fingerprint density at radius 2 is 2.04 bits per heavy atom. The average Bonchev–Trinajstić information content (AvgIpc) is 3.08.